The SMILES string of the molecule is Cc1cccc([C@H](N)[C@@H](C)S(C)(=O)=O)c1. The molecule has 0 saturated carbocycles. The molecule has 0 fully saturated rings. The number of nitrogens with two attached hydrogens (primary N) is 1. The molecule has 3 nitrogen and oxygen atoms in total. The average Bonchev–Trinajstić information content (AvgIpc) is 2.14. The van der Waals surface area contributed by atoms with Crippen LogP contribution in [0, 0.1) is 6.92 Å². The van der Waals surface area contributed by atoms with E-state index in [0.29, 0.717) is 0 Å². The Hall–Kier alpha value is -0.870. The molecule has 0 aliphatic rings. The Balaban J connectivity index is 3.00. The maximum Gasteiger partial charge on any atom is 0.151 e. The van der Waals surface area contributed by atoms with Gasteiger partial charge >= 0.3 is 0 Å². The van der Waals surface area contributed by atoms with E-state index >= 15 is 0 Å². The van der Waals surface area contributed by atoms with Crippen molar-refractivity contribution in [3.8, 4) is 0 Å². The fraction of sp³-hybridized carbons (Fsp3) is 0.455. The highest BCUT2D eigenvalue weighted by molar-refractivity contribution is 7.91. The van der Waals surface area contributed by atoms with Crippen LogP contribution in [0.15, 0.2) is 24.3 Å². The molecule has 0 heterocycles. The van der Waals surface area contributed by atoms with Crippen LogP contribution in [0.4, 0.5) is 0 Å². The van der Waals surface area contributed by atoms with Crippen molar-refractivity contribution in [2.45, 2.75) is 25.1 Å². The highest BCUT2D eigenvalue weighted by Gasteiger charge is 2.23. The van der Waals surface area contributed by atoms with Crippen LogP contribution < -0.4 is 5.73 Å². The predicted octanol–water partition coefficient (Wildman–Crippen LogP) is 1.43. The Morgan fingerprint density at radius 3 is 2.40 bits per heavy atom. The molecule has 0 bridgehead atoms. The maximum atomic E-state index is 11.4. The van der Waals surface area contributed by atoms with Crippen LogP contribution in [0.5, 0.6) is 0 Å². The molecule has 0 aliphatic carbocycles. The van der Waals surface area contributed by atoms with Gasteiger partial charge in [0.05, 0.1) is 5.25 Å². The normalized spacial score (nSPS) is 16.0. The third-order valence-electron chi connectivity index (χ3n) is 2.61. The predicted molar refractivity (Wildman–Crippen MR) is 62.4 cm³/mol. The van der Waals surface area contributed by atoms with Gasteiger partial charge in [-0.1, -0.05) is 29.8 Å². The molecule has 0 amide bonds. The van der Waals surface area contributed by atoms with Gasteiger partial charge in [-0.15, -0.1) is 0 Å². The second-order valence-corrected chi connectivity index (χ2v) is 6.38. The molecule has 2 N–H and O–H groups in total. The van der Waals surface area contributed by atoms with Crippen LogP contribution in [-0.2, 0) is 9.84 Å². The van der Waals surface area contributed by atoms with E-state index in [2.05, 4.69) is 0 Å². The topological polar surface area (TPSA) is 60.2 Å². The van der Waals surface area contributed by atoms with Gasteiger partial charge in [0.1, 0.15) is 0 Å². The zero-order valence-corrected chi connectivity index (χ0v) is 10.1. The van der Waals surface area contributed by atoms with E-state index in [-0.39, 0.29) is 0 Å². The standard InChI is InChI=1S/C11H17NO2S/c1-8-5-4-6-10(7-8)11(12)9(2)15(3,13)14/h4-7,9,11H,12H2,1-3H3/t9-,11-/m1/s1. The summed E-state index contributed by atoms with van der Waals surface area (Å²) in [7, 11) is -3.09. The Labute approximate surface area is 91.2 Å². The molecule has 2 atom stereocenters. The molecule has 0 saturated heterocycles. The zero-order chi connectivity index (χ0) is 11.6. The van der Waals surface area contributed by atoms with E-state index in [4.69, 9.17) is 5.73 Å². The van der Waals surface area contributed by atoms with Crippen LogP contribution in [-0.4, -0.2) is 19.9 Å². The van der Waals surface area contributed by atoms with E-state index < -0.39 is 21.1 Å². The molecule has 0 aliphatic heterocycles. The lowest BCUT2D eigenvalue weighted by Crippen LogP contribution is -2.30. The van der Waals surface area contributed by atoms with Crippen LogP contribution in [0.2, 0.25) is 0 Å². The van der Waals surface area contributed by atoms with Crippen molar-refractivity contribution in [3.05, 3.63) is 35.4 Å². The first-order valence-corrected chi connectivity index (χ1v) is 6.79. The van der Waals surface area contributed by atoms with Gasteiger partial charge in [0.15, 0.2) is 9.84 Å². The lowest BCUT2D eigenvalue weighted by molar-refractivity contribution is 0.570. The number of rotatable bonds is 3. The van der Waals surface area contributed by atoms with Gasteiger partial charge < -0.3 is 5.73 Å². The van der Waals surface area contributed by atoms with Crippen molar-refractivity contribution in [2.24, 2.45) is 5.73 Å². The molecule has 0 radical (unpaired) electrons. The molecule has 1 aromatic rings. The molecule has 1 aromatic carbocycles. The van der Waals surface area contributed by atoms with E-state index in [0.717, 1.165) is 11.1 Å². The van der Waals surface area contributed by atoms with E-state index in [1.165, 1.54) is 6.26 Å². The Morgan fingerprint density at radius 2 is 1.93 bits per heavy atom. The lowest BCUT2D eigenvalue weighted by Gasteiger charge is -2.18. The third kappa shape index (κ3) is 3.04. The molecule has 0 aromatic heterocycles. The number of aryl methyl sites for hydroxylation is 1. The largest absolute Gasteiger partial charge is 0.323 e. The fourth-order valence-electron chi connectivity index (χ4n) is 1.41. The maximum absolute atomic E-state index is 11.4. The highest BCUT2D eigenvalue weighted by atomic mass is 32.2. The quantitative estimate of drug-likeness (QED) is 0.849. The van der Waals surface area contributed by atoms with Gasteiger partial charge in [-0.05, 0) is 19.4 Å². The van der Waals surface area contributed by atoms with Crippen molar-refractivity contribution < 1.29 is 8.42 Å². The first-order chi connectivity index (χ1) is 6.82. The van der Waals surface area contributed by atoms with E-state index in [9.17, 15) is 8.42 Å². The van der Waals surface area contributed by atoms with Crippen molar-refractivity contribution in [1.29, 1.82) is 0 Å². The fourth-order valence-corrected chi connectivity index (χ4v) is 2.10. The van der Waals surface area contributed by atoms with Gasteiger partial charge in [0.2, 0.25) is 0 Å². The minimum Gasteiger partial charge on any atom is -0.323 e. The molecule has 84 valence electrons. The Kier molecular flexibility index (Phi) is 3.52. The van der Waals surface area contributed by atoms with Crippen molar-refractivity contribution in [1.82, 2.24) is 0 Å². The van der Waals surface area contributed by atoms with Gasteiger partial charge in [0.25, 0.3) is 0 Å². The molecule has 1 rings (SSSR count). The summed E-state index contributed by atoms with van der Waals surface area (Å²) in [6.45, 7) is 3.60. The zero-order valence-electron chi connectivity index (χ0n) is 9.27. The molecule has 0 unspecified atom stereocenters. The average molecular weight is 227 g/mol. The highest BCUT2D eigenvalue weighted by Crippen LogP contribution is 2.19. The smallest absolute Gasteiger partial charge is 0.151 e. The Morgan fingerprint density at radius 1 is 1.33 bits per heavy atom. The molecule has 0 spiro atoms. The van der Waals surface area contributed by atoms with Gasteiger partial charge in [-0.3, -0.25) is 0 Å². The summed E-state index contributed by atoms with van der Waals surface area (Å²) >= 11 is 0. The van der Waals surface area contributed by atoms with E-state index in [1.54, 1.807) is 6.92 Å². The van der Waals surface area contributed by atoms with Crippen molar-refractivity contribution >= 4 is 9.84 Å². The summed E-state index contributed by atoms with van der Waals surface area (Å²) in [4.78, 5) is 0. The van der Waals surface area contributed by atoms with Gasteiger partial charge in [-0.2, -0.15) is 0 Å². The van der Waals surface area contributed by atoms with Gasteiger partial charge in [-0.25, -0.2) is 8.42 Å². The lowest BCUT2D eigenvalue weighted by atomic mass is 10.0. The molecular formula is C11H17NO2S. The second kappa shape index (κ2) is 4.33. The Bertz CT molecular complexity index is 440. The second-order valence-electron chi connectivity index (χ2n) is 3.97. The number of hydrogen-bond acceptors (Lipinski definition) is 3. The summed E-state index contributed by atoms with van der Waals surface area (Å²) < 4.78 is 22.7. The molecule has 15 heavy (non-hydrogen) atoms. The van der Waals surface area contributed by atoms with Crippen molar-refractivity contribution in [3.63, 3.8) is 0 Å². The first-order valence-electron chi connectivity index (χ1n) is 4.83. The van der Waals surface area contributed by atoms with Crippen LogP contribution in [0.25, 0.3) is 0 Å². The van der Waals surface area contributed by atoms with Crippen LogP contribution in [0.3, 0.4) is 0 Å². The summed E-state index contributed by atoms with van der Waals surface area (Å²) in [6.07, 6.45) is 1.22. The summed E-state index contributed by atoms with van der Waals surface area (Å²) in [6, 6.07) is 7.17. The number of hydrogen-bond donors (Lipinski definition) is 1. The summed E-state index contributed by atoms with van der Waals surface area (Å²) in [5.74, 6) is 0. The minimum atomic E-state index is -3.09. The summed E-state index contributed by atoms with van der Waals surface area (Å²) in [5, 5.41) is -0.556. The molecule has 4 heteroatoms. The van der Waals surface area contributed by atoms with E-state index in [1.807, 2.05) is 31.2 Å². The monoisotopic (exact) mass is 227 g/mol. The van der Waals surface area contributed by atoms with Crippen molar-refractivity contribution in [2.75, 3.05) is 6.26 Å². The minimum absolute atomic E-state index is 0.458. The van der Waals surface area contributed by atoms with Gasteiger partial charge in [0, 0.05) is 12.3 Å². The van der Waals surface area contributed by atoms with Crippen LogP contribution >= 0.6 is 0 Å². The third-order valence-corrected chi connectivity index (χ3v) is 4.25. The van der Waals surface area contributed by atoms with Crippen LogP contribution in [0.1, 0.15) is 24.1 Å². The molecular weight excluding hydrogens is 210 g/mol. The first kappa shape index (κ1) is 12.2. The number of sulfone groups is 1. The number of benzene rings is 1. The summed E-state index contributed by atoms with van der Waals surface area (Å²) in [5.41, 5.74) is 7.87.